The molecule has 2 aromatic carbocycles. The summed E-state index contributed by atoms with van der Waals surface area (Å²) in [5.74, 6) is -0.128. The number of ether oxygens (including phenoxy) is 2. The van der Waals surface area contributed by atoms with Gasteiger partial charge < -0.3 is 9.47 Å². The van der Waals surface area contributed by atoms with E-state index in [9.17, 15) is 14.0 Å². The second-order valence-electron chi connectivity index (χ2n) is 5.52. The summed E-state index contributed by atoms with van der Waals surface area (Å²) in [5, 5.41) is 0. The van der Waals surface area contributed by atoms with Gasteiger partial charge in [-0.25, -0.2) is 4.39 Å². The molecule has 0 fully saturated rings. The molecule has 0 aliphatic heterocycles. The van der Waals surface area contributed by atoms with Crippen molar-refractivity contribution in [3.63, 3.8) is 0 Å². The molecule has 0 spiro atoms. The maximum Gasteiger partial charge on any atom is 0.279 e. The molecule has 2 rings (SSSR count). The van der Waals surface area contributed by atoms with Gasteiger partial charge in [0.25, 0.3) is 5.91 Å². The van der Waals surface area contributed by atoms with E-state index in [0.29, 0.717) is 18.8 Å². The number of halogens is 1. The number of amides is 2. The minimum absolute atomic E-state index is 0.209. The summed E-state index contributed by atoms with van der Waals surface area (Å²) in [4.78, 5) is 23.6. The molecule has 0 bridgehead atoms. The van der Waals surface area contributed by atoms with E-state index in [0.717, 1.165) is 5.75 Å². The van der Waals surface area contributed by atoms with Crippen molar-refractivity contribution >= 4 is 11.8 Å². The largest absolute Gasteiger partial charge is 0.494 e. The molecule has 0 saturated carbocycles. The third-order valence-corrected chi connectivity index (χ3v) is 3.38. The monoisotopic (exact) mass is 360 g/mol. The van der Waals surface area contributed by atoms with Crippen molar-refractivity contribution in [3.05, 3.63) is 60.4 Å². The van der Waals surface area contributed by atoms with Crippen LogP contribution in [-0.2, 0) is 9.59 Å². The average molecular weight is 360 g/mol. The van der Waals surface area contributed by atoms with Crippen molar-refractivity contribution in [2.45, 2.75) is 25.9 Å². The number of carbonyl (C=O) groups is 2. The fraction of sp³-hybridized carbons (Fsp3) is 0.263. The van der Waals surface area contributed by atoms with E-state index in [1.54, 1.807) is 0 Å². The SMILES string of the molecule is C[C@H](Oc1ccc(F)cc1)C(=O)NNC(=O)CCCOc1ccccc1. The van der Waals surface area contributed by atoms with Gasteiger partial charge in [-0.2, -0.15) is 0 Å². The average Bonchev–Trinajstić information content (AvgIpc) is 2.66. The molecular formula is C19H21FN2O4. The van der Waals surface area contributed by atoms with Crippen LogP contribution in [0.1, 0.15) is 19.8 Å². The molecular weight excluding hydrogens is 339 g/mol. The lowest BCUT2D eigenvalue weighted by Crippen LogP contribution is -2.47. The Hall–Kier alpha value is -3.09. The summed E-state index contributed by atoms with van der Waals surface area (Å²) < 4.78 is 23.7. The van der Waals surface area contributed by atoms with Crippen molar-refractivity contribution < 1.29 is 23.5 Å². The number of carbonyl (C=O) groups excluding carboxylic acids is 2. The van der Waals surface area contributed by atoms with E-state index >= 15 is 0 Å². The second kappa shape index (κ2) is 10.0. The molecule has 6 nitrogen and oxygen atoms in total. The Morgan fingerprint density at radius 2 is 1.69 bits per heavy atom. The van der Waals surface area contributed by atoms with Gasteiger partial charge in [-0.05, 0) is 49.7 Å². The third kappa shape index (κ3) is 6.80. The van der Waals surface area contributed by atoms with Gasteiger partial charge in [0.15, 0.2) is 6.10 Å². The number of hydrogen-bond donors (Lipinski definition) is 2. The Bertz CT molecular complexity index is 707. The predicted molar refractivity (Wildman–Crippen MR) is 93.9 cm³/mol. The Morgan fingerprint density at radius 1 is 1.00 bits per heavy atom. The van der Waals surface area contributed by atoms with E-state index in [2.05, 4.69) is 10.9 Å². The summed E-state index contributed by atoms with van der Waals surface area (Å²) in [6.07, 6.45) is -0.124. The molecule has 0 heterocycles. The molecule has 0 aromatic heterocycles. The first kappa shape index (κ1) is 19.2. The van der Waals surface area contributed by atoms with Crippen LogP contribution in [0.2, 0.25) is 0 Å². The highest BCUT2D eigenvalue weighted by Crippen LogP contribution is 2.13. The van der Waals surface area contributed by atoms with Crippen LogP contribution in [0.3, 0.4) is 0 Å². The van der Waals surface area contributed by atoms with Gasteiger partial charge in [-0.3, -0.25) is 20.4 Å². The molecule has 2 amide bonds. The zero-order valence-corrected chi connectivity index (χ0v) is 14.4. The smallest absolute Gasteiger partial charge is 0.279 e. The molecule has 0 aliphatic rings. The van der Waals surface area contributed by atoms with Crippen molar-refractivity contribution in [1.82, 2.24) is 10.9 Å². The molecule has 0 saturated heterocycles. The van der Waals surface area contributed by atoms with Crippen LogP contribution in [0.4, 0.5) is 4.39 Å². The summed E-state index contributed by atoms with van der Waals surface area (Å²) in [5.41, 5.74) is 4.62. The zero-order chi connectivity index (χ0) is 18.8. The Labute approximate surface area is 151 Å². The quantitative estimate of drug-likeness (QED) is 0.560. The van der Waals surface area contributed by atoms with E-state index in [4.69, 9.17) is 9.47 Å². The number of hydrazine groups is 1. The van der Waals surface area contributed by atoms with Gasteiger partial charge in [0.2, 0.25) is 5.91 Å². The number of benzene rings is 2. The topological polar surface area (TPSA) is 76.7 Å². The van der Waals surface area contributed by atoms with Crippen LogP contribution >= 0.6 is 0 Å². The molecule has 0 aliphatic carbocycles. The van der Waals surface area contributed by atoms with Crippen LogP contribution in [-0.4, -0.2) is 24.5 Å². The molecule has 138 valence electrons. The number of nitrogens with one attached hydrogen (secondary N) is 2. The molecule has 0 radical (unpaired) electrons. The van der Waals surface area contributed by atoms with Crippen LogP contribution in [0.15, 0.2) is 54.6 Å². The van der Waals surface area contributed by atoms with Crippen molar-refractivity contribution in [1.29, 1.82) is 0 Å². The molecule has 2 N–H and O–H groups in total. The normalized spacial score (nSPS) is 11.3. The van der Waals surface area contributed by atoms with Crippen LogP contribution in [0.5, 0.6) is 11.5 Å². The van der Waals surface area contributed by atoms with Crippen LogP contribution < -0.4 is 20.3 Å². The highest BCUT2D eigenvalue weighted by atomic mass is 19.1. The summed E-state index contributed by atoms with van der Waals surface area (Å²) in [6.45, 7) is 1.92. The highest BCUT2D eigenvalue weighted by molar-refractivity contribution is 5.84. The van der Waals surface area contributed by atoms with E-state index in [1.807, 2.05) is 30.3 Å². The Kier molecular flexibility index (Phi) is 7.42. The van der Waals surface area contributed by atoms with Gasteiger partial charge in [0, 0.05) is 6.42 Å². The zero-order valence-electron chi connectivity index (χ0n) is 14.4. The van der Waals surface area contributed by atoms with Gasteiger partial charge >= 0.3 is 0 Å². The fourth-order valence-electron chi connectivity index (χ4n) is 2.01. The van der Waals surface area contributed by atoms with Crippen LogP contribution in [0, 0.1) is 5.82 Å². The molecule has 26 heavy (non-hydrogen) atoms. The minimum Gasteiger partial charge on any atom is -0.494 e. The molecule has 0 unspecified atom stereocenters. The van der Waals surface area contributed by atoms with Gasteiger partial charge in [0.05, 0.1) is 6.61 Å². The summed E-state index contributed by atoms with van der Waals surface area (Å²) >= 11 is 0. The molecule has 7 heteroatoms. The number of rotatable bonds is 8. The highest BCUT2D eigenvalue weighted by Gasteiger charge is 2.15. The predicted octanol–water partition coefficient (Wildman–Crippen LogP) is 2.60. The maximum absolute atomic E-state index is 12.8. The van der Waals surface area contributed by atoms with Crippen molar-refractivity contribution in [2.24, 2.45) is 0 Å². The lowest BCUT2D eigenvalue weighted by Gasteiger charge is -2.15. The first-order valence-corrected chi connectivity index (χ1v) is 8.23. The minimum atomic E-state index is -0.845. The second-order valence-corrected chi connectivity index (χ2v) is 5.52. The first-order valence-electron chi connectivity index (χ1n) is 8.23. The fourth-order valence-corrected chi connectivity index (χ4v) is 2.01. The Balaban J connectivity index is 1.61. The third-order valence-electron chi connectivity index (χ3n) is 3.38. The molecule has 2 aromatic rings. The summed E-state index contributed by atoms with van der Waals surface area (Å²) in [6, 6.07) is 14.6. The van der Waals surface area contributed by atoms with Crippen LogP contribution in [0.25, 0.3) is 0 Å². The lowest BCUT2D eigenvalue weighted by atomic mass is 10.3. The van der Waals surface area contributed by atoms with Crippen molar-refractivity contribution in [3.8, 4) is 11.5 Å². The van der Waals surface area contributed by atoms with Gasteiger partial charge in [-0.1, -0.05) is 18.2 Å². The summed E-state index contributed by atoms with van der Waals surface area (Å²) in [7, 11) is 0. The van der Waals surface area contributed by atoms with Gasteiger partial charge in [0.1, 0.15) is 17.3 Å². The van der Waals surface area contributed by atoms with E-state index in [-0.39, 0.29) is 12.3 Å². The standard InChI is InChI=1S/C19H21FN2O4/c1-14(26-17-11-9-15(20)10-12-17)19(24)22-21-18(23)8-5-13-25-16-6-3-2-4-7-16/h2-4,6-7,9-12,14H,5,8,13H2,1H3,(H,21,23)(H,22,24)/t14-/m0/s1. The lowest BCUT2D eigenvalue weighted by molar-refractivity contribution is -0.132. The Morgan fingerprint density at radius 3 is 2.38 bits per heavy atom. The molecule has 1 atom stereocenters. The maximum atomic E-state index is 12.8. The van der Waals surface area contributed by atoms with Crippen molar-refractivity contribution in [2.75, 3.05) is 6.61 Å². The number of para-hydroxylation sites is 1. The number of hydrogen-bond acceptors (Lipinski definition) is 4. The first-order chi connectivity index (χ1) is 12.5. The van der Waals surface area contributed by atoms with Gasteiger partial charge in [-0.15, -0.1) is 0 Å². The van der Waals surface area contributed by atoms with E-state index in [1.165, 1.54) is 31.2 Å². The van der Waals surface area contributed by atoms with E-state index < -0.39 is 17.8 Å².